The Balaban J connectivity index is 2.31. The highest BCUT2D eigenvalue weighted by Crippen LogP contribution is 2.28. The zero-order valence-electron chi connectivity index (χ0n) is 12.3. The lowest BCUT2D eigenvalue weighted by Gasteiger charge is -2.35. The SMILES string of the molecule is CC1CCN(S(=O)(=O)N(CCO)c2ccccc2N)CC1. The van der Waals surface area contributed by atoms with Crippen molar-refractivity contribution in [2.45, 2.75) is 19.8 Å². The second kappa shape index (κ2) is 6.64. The fraction of sp³-hybridized carbons (Fsp3) is 0.571. The maximum atomic E-state index is 12.8. The Morgan fingerprint density at radius 3 is 2.52 bits per heavy atom. The topological polar surface area (TPSA) is 86.9 Å². The number of nitrogen functional groups attached to an aromatic ring is 1. The van der Waals surface area contributed by atoms with E-state index >= 15 is 0 Å². The van der Waals surface area contributed by atoms with Crippen molar-refractivity contribution in [2.24, 2.45) is 5.92 Å². The van der Waals surface area contributed by atoms with Crippen LogP contribution in [0.4, 0.5) is 11.4 Å². The molecule has 7 heteroatoms. The van der Waals surface area contributed by atoms with Gasteiger partial charge in [0.1, 0.15) is 0 Å². The predicted octanol–water partition coefficient (Wildman–Crippen LogP) is 1.04. The van der Waals surface area contributed by atoms with Crippen LogP contribution in [0.25, 0.3) is 0 Å². The number of rotatable bonds is 5. The van der Waals surface area contributed by atoms with Crippen molar-refractivity contribution >= 4 is 21.6 Å². The molecule has 1 fully saturated rings. The minimum atomic E-state index is -3.66. The first-order valence-corrected chi connectivity index (χ1v) is 8.59. The molecule has 0 aromatic heterocycles. The number of anilines is 2. The first-order chi connectivity index (χ1) is 9.96. The van der Waals surface area contributed by atoms with E-state index in [9.17, 15) is 13.5 Å². The first kappa shape index (κ1) is 16.1. The van der Waals surface area contributed by atoms with E-state index < -0.39 is 10.2 Å². The predicted molar refractivity (Wildman–Crippen MR) is 84.2 cm³/mol. The Labute approximate surface area is 126 Å². The average molecular weight is 313 g/mol. The van der Waals surface area contributed by atoms with Gasteiger partial charge in [0, 0.05) is 13.1 Å². The molecule has 0 bridgehead atoms. The zero-order chi connectivity index (χ0) is 15.5. The Kier molecular flexibility index (Phi) is 5.08. The van der Waals surface area contributed by atoms with Gasteiger partial charge in [0.2, 0.25) is 0 Å². The van der Waals surface area contributed by atoms with Crippen LogP contribution in [0.3, 0.4) is 0 Å². The van der Waals surface area contributed by atoms with Gasteiger partial charge in [-0.3, -0.25) is 4.31 Å². The van der Waals surface area contributed by atoms with E-state index in [1.165, 1.54) is 8.61 Å². The summed E-state index contributed by atoms with van der Waals surface area (Å²) in [6, 6.07) is 6.82. The summed E-state index contributed by atoms with van der Waals surface area (Å²) >= 11 is 0. The van der Waals surface area contributed by atoms with Crippen LogP contribution in [0.15, 0.2) is 24.3 Å². The fourth-order valence-corrected chi connectivity index (χ4v) is 4.20. The molecule has 2 rings (SSSR count). The maximum absolute atomic E-state index is 12.8. The van der Waals surface area contributed by atoms with E-state index in [0.717, 1.165) is 12.8 Å². The number of hydrogen-bond acceptors (Lipinski definition) is 4. The van der Waals surface area contributed by atoms with E-state index in [1.54, 1.807) is 24.3 Å². The van der Waals surface area contributed by atoms with Gasteiger partial charge in [-0.2, -0.15) is 12.7 Å². The van der Waals surface area contributed by atoms with Crippen LogP contribution in [0.1, 0.15) is 19.8 Å². The third kappa shape index (κ3) is 3.48. The molecule has 118 valence electrons. The number of benzene rings is 1. The number of aliphatic hydroxyl groups is 1. The molecule has 0 amide bonds. The second-order valence-electron chi connectivity index (χ2n) is 5.44. The van der Waals surface area contributed by atoms with Crippen LogP contribution in [0, 0.1) is 5.92 Å². The molecule has 1 aromatic carbocycles. The largest absolute Gasteiger partial charge is 0.397 e. The molecule has 1 aliphatic heterocycles. The lowest BCUT2D eigenvalue weighted by atomic mass is 10.0. The van der Waals surface area contributed by atoms with E-state index in [4.69, 9.17) is 5.73 Å². The third-order valence-corrected chi connectivity index (χ3v) is 5.81. The fourth-order valence-electron chi connectivity index (χ4n) is 2.52. The summed E-state index contributed by atoms with van der Waals surface area (Å²) < 4.78 is 28.3. The molecule has 0 unspecified atom stereocenters. The summed E-state index contributed by atoms with van der Waals surface area (Å²) in [5.41, 5.74) is 6.70. The van der Waals surface area contributed by atoms with Crippen LogP contribution in [-0.4, -0.2) is 44.1 Å². The molecule has 1 aliphatic rings. The number of nitrogens with two attached hydrogens (primary N) is 1. The second-order valence-corrected chi connectivity index (χ2v) is 7.30. The smallest absolute Gasteiger partial charge is 0.304 e. The standard InChI is InChI=1S/C14H23N3O3S/c1-12-6-8-16(9-7-12)21(19,20)17(10-11-18)14-5-3-2-4-13(14)15/h2-5,12,18H,6-11,15H2,1H3. The number of nitrogens with zero attached hydrogens (tertiary/aromatic N) is 2. The Hall–Kier alpha value is -1.31. The molecule has 1 aromatic rings. The van der Waals surface area contributed by atoms with E-state index in [2.05, 4.69) is 6.92 Å². The maximum Gasteiger partial charge on any atom is 0.304 e. The van der Waals surface area contributed by atoms with Crippen LogP contribution >= 0.6 is 0 Å². The van der Waals surface area contributed by atoms with Gasteiger partial charge in [-0.25, -0.2) is 0 Å². The first-order valence-electron chi connectivity index (χ1n) is 7.20. The summed E-state index contributed by atoms with van der Waals surface area (Å²) in [7, 11) is -3.66. The normalized spacial score (nSPS) is 17.8. The molecule has 0 radical (unpaired) electrons. The molecule has 21 heavy (non-hydrogen) atoms. The van der Waals surface area contributed by atoms with Gasteiger partial charge >= 0.3 is 10.2 Å². The lowest BCUT2D eigenvalue weighted by molar-refractivity contribution is 0.282. The number of piperidine rings is 1. The van der Waals surface area contributed by atoms with Gasteiger partial charge in [0.15, 0.2) is 0 Å². The van der Waals surface area contributed by atoms with Crippen LogP contribution in [-0.2, 0) is 10.2 Å². The summed E-state index contributed by atoms with van der Waals surface area (Å²) in [6.45, 7) is 2.90. The van der Waals surface area contributed by atoms with E-state index in [1.807, 2.05) is 0 Å². The van der Waals surface area contributed by atoms with Gasteiger partial charge < -0.3 is 10.8 Å². The molecule has 0 aliphatic carbocycles. The Morgan fingerprint density at radius 1 is 1.33 bits per heavy atom. The highest BCUT2D eigenvalue weighted by Gasteiger charge is 2.32. The Bertz CT molecular complexity index is 569. The van der Waals surface area contributed by atoms with Crippen molar-refractivity contribution in [3.8, 4) is 0 Å². The molecule has 3 N–H and O–H groups in total. The van der Waals surface area contributed by atoms with Gasteiger partial charge in [-0.15, -0.1) is 0 Å². The molecular formula is C14H23N3O3S. The van der Waals surface area contributed by atoms with E-state index in [-0.39, 0.29) is 13.2 Å². The van der Waals surface area contributed by atoms with Crippen molar-refractivity contribution < 1.29 is 13.5 Å². The Morgan fingerprint density at radius 2 is 1.95 bits per heavy atom. The molecular weight excluding hydrogens is 290 g/mol. The third-order valence-electron chi connectivity index (χ3n) is 3.86. The van der Waals surface area contributed by atoms with Crippen LogP contribution in [0.2, 0.25) is 0 Å². The molecule has 0 saturated carbocycles. The number of para-hydroxylation sites is 2. The summed E-state index contributed by atoms with van der Waals surface area (Å²) in [4.78, 5) is 0. The molecule has 0 spiro atoms. The van der Waals surface area contributed by atoms with Gasteiger partial charge in [0.25, 0.3) is 0 Å². The van der Waals surface area contributed by atoms with E-state index in [0.29, 0.717) is 30.4 Å². The minimum absolute atomic E-state index is 0.00258. The van der Waals surface area contributed by atoms with Gasteiger partial charge in [-0.1, -0.05) is 19.1 Å². The summed E-state index contributed by atoms with van der Waals surface area (Å²) in [6.07, 6.45) is 1.72. The van der Waals surface area contributed by atoms with Gasteiger partial charge in [0.05, 0.1) is 24.5 Å². The van der Waals surface area contributed by atoms with Crippen molar-refractivity contribution in [3.63, 3.8) is 0 Å². The van der Waals surface area contributed by atoms with Crippen LogP contribution in [0.5, 0.6) is 0 Å². The van der Waals surface area contributed by atoms with Crippen molar-refractivity contribution in [1.82, 2.24) is 4.31 Å². The number of aliphatic hydroxyl groups excluding tert-OH is 1. The molecule has 1 saturated heterocycles. The summed E-state index contributed by atoms with van der Waals surface area (Å²) in [5.74, 6) is 0.546. The summed E-state index contributed by atoms with van der Waals surface area (Å²) in [5, 5.41) is 9.23. The highest BCUT2D eigenvalue weighted by molar-refractivity contribution is 7.90. The lowest BCUT2D eigenvalue weighted by Crippen LogP contribution is -2.48. The van der Waals surface area contributed by atoms with Gasteiger partial charge in [-0.05, 0) is 30.9 Å². The quantitative estimate of drug-likeness (QED) is 0.795. The average Bonchev–Trinajstić information content (AvgIpc) is 2.46. The molecule has 1 heterocycles. The molecule has 6 nitrogen and oxygen atoms in total. The van der Waals surface area contributed by atoms with Crippen molar-refractivity contribution in [2.75, 3.05) is 36.3 Å². The zero-order valence-corrected chi connectivity index (χ0v) is 13.1. The number of hydrogen-bond donors (Lipinski definition) is 2. The monoisotopic (exact) mass is 313 g/mol. The minimum Gasteiger partial charge on any atom is -0.397 e. The highest BCUT2D eigenvalue weighted by atomic mass is 32.2. The van der Waals surface area contributed by atoms with Crippen LogP contribution < -0.4 is 10.0 Å². The van der Waals surface area contributed by atoms with Crippen molar-refractivity contribution in [3.05, 3.63) is 24.3 Å². The van der Waals surface area contributed by atoms with Crippen molar-refractivity contribution in [1.29, 1.82) is 0 Å². The molecule has 0 atom stereocenters.